The summed E-state index contributed by atoms with van der Waals surface area (Å²) < 4.78 is 17.6. The second kappa shape index (κ2) is 14.8. The van der Waals surface area contributed by atoms with Crippen LogP contribution in [0.5, 0.6) is 0 Å². The quantitative estimate of drug-likeness (QED) is 0.185. The number of benzene rings is 1. The molecule has 0 unspecified atom stereocenters. The van der Waals surface area contributed by atoms with Crippen molar-refractivity contribution < 1.29 is 13.3 Å². The number of aliphatic imine (C=N–C) groups is 2. The Morgan fingerprint density at radius 1 is 0.700 bits per heavy atom. The van der Waals surface area contributed by atoms with Crippen LogP contribution in [0.4, 0.5) is 0 Å². The zero-order chi connectivity index (χ0) is 22.3. The van der Waals surface area contributed by atoms with Crippen molar-refractivity contribution in [3.05, 3.63) is 35.4 Å². The highest BCUT2D eigenvalue weighted by molar-refractivity contribution is 6.71. The third-order valence-corrected chi connectivity index (χ3v) is 10.5. The fraction of sp³-hybridized carbons (Fsp3) is 0.652. The van der Waals surface area contributed by atoms with Gasteiger partial charge in [0.1, 0.15) is 0 Å². The summed E-state index contributed by atoms with van der Waals surface area (Å²) in [5.74, 6) is 0. The van der Waals surface area contributed by atoms with Gasteiger partial charge in [-0.3, -0.25) is 9.98 Å². The Labute approximate surface area is 186 Å². The first-order valence-electron chi connectivity index (χ1n) is 11.4. The summed E-state index contributed by atoms with van der Waals surface area (Å²) in [7, 11) is -3.49. The van der Waals surface area contributed by atoms with E-state index in [2.05, 4.69) is 60.8 Å². The molecule has 0 atom stereocenters. The van der Waals surface area contributed by atoms with E-state index < -0.39 is 16.9 Å². The average Bonchev–Trinajstić information content (AvgIpc) is 2.69. The van der Waals surface area contributed by atoms with Crippen LogP contribution in [0.3, 0.4) is 0 Å². The molecule has 0 amide bonds. The zero-order valence-corrected chi connectivity index (χ0v) is 21.9. The maximum atomic E-state index is 5.87. The first-order valence-corrected chi connectivity index (χ1v) is 17.0. The van der Waals surface area contributed by atoms with E-state index in [-0.39, 0.29) is 0 Å². The van der Waals surface area contributed by atoms with E-state index in [0.29, 0.717) is 13.2 Å². The predicted octanol–water partition coefficient (Wildman–Crippen LogP) is 5.69. The third kappa shape index (κ3) is 11.9. The Kier molecular flexibility index (Phi) is 13.3. The van der Waals surface area contributed by atoms with Crippen molar-refractivity contribution in [2.24, 2.45) is 9.98 Å². The Morgan fingerprint density at radius 2 is 1.13 bits per heavy atom. The molecule has 0 aromatic heterocycles. The van der Waals surface area contributed by atoms with Crippen LogP contribution in [0.1, 0.15) is 44.7 Å². The van der Waals surface area contributed by atoms with Crippen molar-refractivity contribution in [3.8, 4) is 0 Å². The summed E-state index contributed by atoms with van der Waals surface area (Å²) in [5.41, 5.74) is 2.25. The smallest absolute Gasteiger partial charge is 0.334 e. The first kappa shape index (κ1) is 26.9. The summed E-state index contributed by atoms with van der Waals surface area (Å²) >= 11 is 0. The van der Waals surface area contributed by atoms with Crippen LogP contribution < -0.4 is 0 Å². The lowest BCUT2D eigenvalue weighted by Crippen LogP contribution is -2.38. The first-order chi connectivity index (χ1) is 14.3. The van der Waals surface area contributed by atoms with Crippen molar-refractivity contribution in [3.63, 3.8) is 0 Å². The van der Waals surface area contributed by atoms with Crippen molar-refractivity contribution in [1.29, 1.82) is 0 Å². The fourth-order valence-corrected chi connectivity index (χ4v) is 7.68. The van der Waals surface area contributed by atoms with E-state index in [1.54, 1.807) is 0 Å². The summed E-state index contributed by atoms with van der Waals surface area (Å²) in [6.45, 7) is 16.7. The fourth-order valence-electron chi connectivity index (χ4n) is 3.36. The lowest BCUT2D eigenvalue weighted by molar-refractivity contribution is 0.188. The number of hydrogen-bond acceptors (Lipinski definition) is 5. The minimum atomic E-state index is -2.01. The van der Waals surface area contributed by atoms with Gasteiger partial charge in [-0.15, -0.1) is 0 Å². The second-order valence-electron chi connectivity index (χ2n) is 8.14. The van der Waals surface area contributed by atoms with Gasteiger partial charge in [0, 0.05) is 45.3 Å². The van der Waals surface area contributed by atoms with Crippen molar-refractivity contribution in [2.45, 2.75) is 65.3 Å². The maximum absolute atomic E-state index is 5.87. The molecule has 0 aliphatic carbocycles. The van der Waals surface area contributed by atoms with Crippen LogP contribution in [-0.4, -0.2) is 62.2 Å². The summed E-state index contributed by atoms with van der Waals surface area (Å²) in [6, 6.07) is 10.5. The minimum absolute atomic E-state index is 0.717. The molecule has 7 heteroatoms. The molecule has 0 fully saturated rings. The van der Waals surface area contributed by atoms with Crippen LogP contribution in [0.2, 0.25) is 31.7 Å². The molecule has 0 saturated heterocycles. The molecule has 0 aliphatic rings. The maximum Gasteiger partial charge on any atom is 0.334 e. The molecule has 30 heavy (non-hydrogen) atoms. The van der Waals surface area contributed by atoms with Gasteiger partial charge in [-0.2, -0.15) is 0 Å². The van der Waals surface area contributed by atoms with Crippen LogP contribution in [0.25, 0.3) is 0 Å². The zero-order valence-electron chi connectivity index (χ0n) is 19.9. The molecule has 1 aromatic rings. The highest BCUT2D eigenvalue weighted by Crippen LogP contribution is 2.16. The molecule has 0 saturated carbocycles. The van der Waals surface area contributed by atoms with E-state index in [9.17, 15) is 0 Å². The monoisotopic (exact) mass is 450 g/mol. The van der Waals surface area contributed by atoms with Crippen LogP contribution in [0, 0.1) is 0 Å². The molecule has 0 N–H and O–H groups in total. The Bertz CT molecular complexity index is 628. The molecule has 0 aliphatic heterocycles. The Balaban J connectivity index is 2.35. The Morgan fingerprint density at radius 3 is 1.57 bits per heavy atom. The van der Waals surface area contributed by atoms with E-state index in [1.807, 2.05) is 26.3 Å². The standard InChI is InChI=1S/C23H42N2O3Si2/c1-7-26-29(4,5)18-10-16-24-20-22-12-14-23(15-13-22)21-25-17-11-19-30(6,27-8-2)28-9-3/h12-15,20-21H,7-11,16-19H2,1-6H3. The van der Waals surface area contributed by atoms with E-state index in [0.717, 1.165) is 55.8 Å². The normalized spacial score (nSPS) is 13.0. The van der Waals surface area contributed by atoms with Gasteiger partial charge in [0.15, 0.2) is 8.32 Å². The van der Waals surface area contributed by atoms with Crippen LogP contribution >= 0.6 is 0 Å². The molecular weight excluding hydrogens is 408 g/mol. The van der Waals surface area contributed by atoms with Gasteiger partial charge in [-0.1, -0.05) is 24.3 Å². The second-order valence-corrected chi connectivity index (χ2v) is 15.8. The highest BCUT2D eigenvalue weighted by atomic mass is 28.4. The minimum Gasteiger partial charge on any atom is -0.418 e. The number of hydrogen-bond donors (Lipinski definition) is 0. The number of nitrogens with zero attached hydrogens (tertiary/aromatic N) is 2. The lowest BCUT2D eigenvalue weighted by Gasteiger charge is -2.25. The van der Waals surface area contributed by atoms with Crippen molar-refractivity contribution >= 4 is 29.3 Å². The molecule has 1 rings (SSSR count). The molecule has 1 aromatic carbocycles. The summed E-state index contributed by atoms with van der Waals surface area (Å²) in [6.07, 6.45) is 5.99. The Hall–Kier alpha value is -1.13. The van der Waals surface area contributed by atoms with E-state index in [1.165, 1.54) is 0 Å². The third-order valence-electron chi connectivity index (χ3n) is 4.84. The number of rotatable bonds is 16. The van der Waals surface area contributed by atoms with E-state index in [4.69, 9.17) is 13.3 Å². The summed E-state index contributed by atoms with van der Waals surface area (Å²) in [4.78, 5) is 9.13. The molecule has 0 bridgehead atoms. The molecule has 0 spiro atoms. The SMILES string of the molecule is CCO[Si](C)(C)CCCN=Cc1ccc(C=NCCC[Si](C)(OCC)OCC)cc1. The largest absolute Gasteiger partial charge is 0.418 e. The molecule has 0 radical (unpaired) electrons. The molecule has 5 nitrogen and oxygen atoms in total. The molecule has 170 valence electrons. The summed E-state index contributed by atoms with van der Waals surface area (Å²) in [5, 5.41) is 0. The van der Waals surface area contributed by atoms with Crippen LogP contribution in [0.15, 0.2) is 34.3 Å². The van der Waals surface area contributed by atoms with Gasteiger partial charge in [0.05, 0.1) is 0 Å². The van der Waals surface area contributed by atoms with Crippen molar-refractivity contribution in [2.75, 3.05) is 32.9 Å². The van der Waals surface area contributed by atoms with Gasteiger partial charge >= 0.3 is 8.56 Å². The molecule has 0 heterocycles. The van der Waals surface area contributed by atoms with Gasteiger partial charge in [-0.25, -0.2) is 0 Å². The van der Waals surface area contributed by atoms with E-state index >= 15 is 0 Å². The topological polar surface area (TPSA) is 52.4 Å². The van der Waals surface area contributed by atoms with Gasteiger partial charge < -0.3 is 13.3 Å². The highest BCUT2D eigenvalue weighted by Gasteiger charge is 2.29. The molecular formula is C23H42N2O3Si2. The van der Waals surface area contributed by atoms with Crippen LogP contribution in [-0.2, 0) is 13.3 Å². The average molecular weight is 451 g/mol. The van der Waals surface area contributed by atoms with Crippen molar-refractivity contribution in [1.82, 2.24) is 0 Å². The van der Waals surface area contributed by atoms with Gasteiger partial charge in [0.25, 0.3) is 0 Å². The van der Waals surface area contributed by atoms with Gasteiger partial charge in [0.2, 0.25) is 0 Å². The van der Waals surface area contributed by atoms with Gasteiger partial charge in [-0.05, 0) is 76.5 Å². The lowest BCUT2D eigenvalue weighted by atomic mass is 10.1. The predicted molar refractivity (Wildman–Crippen MR) is 134 cm³/mol.